The summed E-state index contributed by atoms with van der Waals surface area (Å²) in [6.45, 7) is 0. The molecule has 0 aliphatic carbocycles. The number of aromatic nitrogens is 1. The third-order valence-corrected chi connectivity index (χ3v) is 5.69. The highest BCUT2D eigenvalue weighted by atomic mass is 32.2. The number of carbonyl (C=O) groups excluding carboxylic acids is 1. The van der Waals surface area contributed by atoms with Gasteiger partial charge in [0.15, 0.2) is 6.04 Å². The number of carboxylic acids is 1. The molecule has 5 nitrogen and oxygen atoms in total. The molecule has 1 aliphatic heterocycles. The van der Waals surface area contributed by atoms with E-state index in [0.29, 0.717) is 10.5 Å². The maximum absolute atomic E-state index is 13.0. The minimum absolute atomic E-state index is 0.231. The van der Waals surface area contributed by atoms with Crippen LogP contribution in [0.3, 0.4) is 0 Å². The van der Waals surface area contributed by atoms with Crippen molar-refractivity contribution in [3.05, 3.63) is 82.9 Å². The van der Waals surface area contributed by atoms with Crippen molar-refractivity contribution in [2.24, 2.45) is 0 Å². The quantitative estimate of drug-likeness (QED) is 0.516. The maximum Gasteiger partial charge on any atom is 0.331 e. The number of fused-ring (bicyclic) bond motifs is 1. The molecule has 0 bridgehead atoms. The summed E-state index contributed by atoms with van der Waals surface area (Å²) >= 11 is 6.45. The average molecular weight is 406 g/mol. The molecule has 138 valence electrons. The van der Waals surface area contributed by atoms with Gasteiger partial charge < -0.3 is 5.11 Å². The molecular weight excluding hydrogens is 392 g/mol. The van der Waals surface area contributed by atoms with Crippen LogP contribution in [-0.2, 0) is 9.59 Å². The number of thioether (sulfide) groups is 1. The van der Waals surface area contributed by atoms with Crippen molar-refractivity contribution < 1.29 is 14.7 Å². The summed E-state index contributed by atoms with van der Waals surface area (Å²) in [6, 6.07) is 16.9. The fraction of sp³-hybridized carbons (Fsp3) is 0.0476. The normalized spacial score (nSPS) is 16.7. The molecule has 1 N–H and O–H groups in total. The standard InChI is InChI=1S/C21H14N2O3S2/c24-19-17(12-13-8-9-16-15(11-13)7-4-10-22-16)28-21(27)23(19)18(20(25)26)14-5-2-1-3-6-14/h1-12,18H,(H,25,26)/b17-12-. The number of aliphatic carboxylic acids is 1. The van der Waals surface area contributed by atoms with Crippen LogP contribution in [0.4, 0.5) is 0 Å². The number of thiocarbonyl (C=S) groups is 1. The first-order valence-corrected chi connectivity index (χ1v) is 9.66. The molecule has 1 amide bonds. The molecule has 4 rings (SSSR count). The van der Waals surface area contributed by atoms with Crippen molar-refractivity contribution in [2.75, 3.05) is 0 Å². The second kappa shape index (κ2) is 7.53. The van der Waals surface area contributed by atoms with Crippen LogP contribution in [0.2, 0.25) is 0 Å². The Kier molecular flexibility index (Phi) is 4.93. The number of benzene rings is 2. The van der Waals surface area contributed by atoms with Crippen LogP contribution in [-0.4, -0.2) is 31.2 Å². The Morgan fingerprint density at radius 1 is 1.14 bits per heavy atom. The molecule has 1 aromatic heterocycles. The van der Waals surface area contributed by atoms with Gasteiger partial charge in [0.25, 0.3) is 5.91 Å². The minimum Gasteiger partial charge on any atom is -0.479 e. The van der Waals surface area contributed by atoms with E-state index < -0.39 is 17.9 Å². The number of amides is 1. The van der Waals surface area contributed by atoms with Crippen molar-refractivity contribution in [2.45, 2.75) is 6.04 Å². The molecule has 1 fully saturated rings. The number of hydrogen-bond acceptors (Lipinski definition) is 5. The Labute approximate surface area is 170 Å². The van der Waals surface area contributed by atoms with Gasteiger partial charge in [-0.05, 0) is 35.4 Å². The van der Waals surface area contributed by atoms with Crippen LogP contribution in [0.5, 0.6) is 0 Å². The van der Waals surface area contributed by atoms with Gasteiger partial charge in [-0.15, -0.1) is 0 Å². The molecule has 0 saturated carbocycles. The van der Waals surface area contributed by atoms with E-state index in [1.54, 1.807) is 42.6 Å². The lowest BCUT2D eigenvalue weighted by Crippen LogP contribution is -2.37. The summed E-state index contributed by atoms with van der Waals surface area (Å²) in [5.74, 6) is -1.53. The minimum atomic E-state index is -1.15. The van der Waals surface area contributed by atoms with Crippen molar-refractivity contribution in [3.8, 4) is 0 Å². The van der Waals surface area contributed by atoms with Crippen molar-refractivity contribution >= 4 is 57.2 Å². The molecule has 0 spiro atoms. The number of rotatable bonds is 4. The second-order valence-electron chi connectivity index (χ2n) is 6.16. The summed E-state index contributed by atoms with van der Waals surface area (Å²) in [5.41, 5.74) is 2.19. The van der Waals surface area contributed by atoms with Gasteiger partial charge in [-0.1, -0.05) is 66.4 Å². The lowest BCUT2D eigenvalue weighted by Gasteiger charge is -2.23. The molecule has 2 heterocycles. The van der Waals surface area contributed by atoms with Crippen LogP contribution in [0.15, 0.2) is 71.8 Å². The average Bonchev–Trinajstić information content (AvgIpc) is 2.96. The lowest BCUT2D eigenvalue weighted by atomic mass is 10.1. The van der Waals surface area contributed by atoms with Crippen LogP contribution >= 0.6 is 24.0 Å². The zero-order valence-corrected chi connectivity index (χ0v) is 16.1. The fourth-order valence-corrected chi connectivity index (χ4v) is 4.39. The van der Waals surface area contributed by atoms with E-state index in [-0.39, 0.29) is 4.32 Å². The van der Waals surface area contributed by atoms with E-state index in [0.717, 1.165) is 28.2 Å². The van der Waals surface area contributed by atoms with Crippen molar-refractivity contribution in [1.82, 2.24) is 9.88 Å². The Bertz CT molecular complexity index is 1130. The van der Waals surface area contributed by atoms with Gasteiger partial charge in [-0.3, -0.25) is 14.7 Å². The predicted molar refractivity (Wildman–Crippen MR) is 114 cm³/mol. The molecule has 28 heavy (non-hydrogen) atoms. The summed E-state index contributed by atoms with van der Waals surface area (Å²) < 4.78 is 0.231. The maximum atomic E-state index is 13.0. The van der Waals surface area contributed by atoms with Crippen LogP contribution < -0.4 is 0 Å². The third kappa shape index (κ3) is 3.42. The molecule has 7 heteroatoms. The van der Waals surface area contributed by atoms with Gasteiger partial charge >= 0.3 is 5.97 Å². The van der Waals surface area contributed by atoms with E-state index in [9.17, 15) is 14.7 Å². The largest absolute Gasteiger partial charge is 0.479 e. The third-order valence-electron chi connectivity index (χ3n) is 4.36. The summed E-state index contributed by atoms with van der Waals surface area (Å²) in [6.07, 6.45) is 3.46. The van der Waals surface area contributed by atoms with Gasteiger partial charge in [0.2, 0.25) is 0 Å². The Balaban J connectivity index is 1.69. The highest BCUT2D eigenvalue weighted by Crippen LogP contribution is 2.38. The molecule has 0 radical (unpaired) electrons. The van der Waals surface area contributed by atoms with Gasteiger partial charge in [-0.25, -0.2) is 4.79 Å². The molecule has 1 aliphatic rings. The van der Waals surface area contributed by atoms with E-state index in [1.807, 2.05) is 30.3 Å². The van der Waals surface area contributed by atoms with E-state index in [1.165, 1.54) is 4.90 Å². The number of carbonyl (C=O) groups is 2. The SMILES string of the molecule is O=C(O)C(c1ccccc1)N1C(=O)/C(=C/c2ccc3ncccc3c2)SC1=S. The number of carboxylic acid groups (broad SMARTS) is 1. The fourth-order valence-electron chi connectivity index (χ4n) is 3.08. The van der Waals surface area contributed by atoms with Crippen molar-refractivity contribution in [1.29, 1.82) is 0 Å². The topological polar surface area (TPSA) is 70.5 Å². The summed E-state index contributed by atoms with van der Waals surface area (Å²) in [4.78, 5) is 30.7. The van der Waals surface area contributed by atoms with Crippen LogP contribution in [0.25, 0.3) is 17.0 Å². The van der Waals surface area contributed by atoms with E-state index in [4.69, 9.17) is 12.2 Å². The van der Waals surface area contributed by atoms with Gasteiger partial charge in [0, 0.05) is 11.6 Å². The molecule has 2 aromatic carbocycles. The van der Waals surface area contributed by atoms with E-state index >= 15 is 0 Å². The lowest BCUT2D eigenvalue weighted by molar-refractivity contribution is -0.145. The smallest absolute Gasteiger partial charge is 0.331 e. The Morgan fingerprint density at radius 3 is 2.68 bits per heavy atom. The van der Waals surface area contributed by atoms with Gasteiger partial charge in [-0.2, -0.15) is 0 Å². The molecular formula is C21H14N2O3S2. The first-order chi connectivity index (χ1) is 13.5. The molecule has 3 aromatic rings. The summed E-state index contributed by atoms with van der Waals surface area (Å²) in [7, 11) is 0. The van der Waals surface area contributed by atoms with Crippen LogP contribution in [0.1, 0.15) is 17.2 Å². The second-order valence-corrected chi connectivity index (χ2v) is 7.83. The number of hydrogen-bond donors (Lipinski definition) is 1. The molecule has 1 atom stereocenters. The van der Waals surface area contributed by atoms with Gasteiger partial charge in [0.05, 0.1) is 10.4 Å². The predicted octanol–water partition coefficient (Wildman–Crippen LogP) is 4.26. The monoisotopic (exact) mass is 406 g/mol. The summed E-state index contributed by atoms with van der Waals surface area (Å²) in [5, 5.41) is 10.7. The highest BCUT2D eigenvalue weighted by Gasteiger charge is 2.41. The Morgan fingerprint density at radius 2 is 1.93 bits per heavy atom. The zero-order valence-electron chi connectivity index (χ0n) is 14.5. The first kappa shape index (κ1) is 18.3. The zero-order chi connectivity index (χ0) is 19.7. The first-order valence-electron chi connectivity index (χ1n) is 8.44. The van der Waals surface area contributed by atoms with Crippen molar-refractivity contribution in [3.63, 3.8) is 0 Å². The Hall–Kier alpha value is -3.03. The number of pyridine rings is 1. The molecule has 1 unspecified atom stereocenters. The van der Waals surface area contributed by atoms with E-state index in [2.05, 4.69) is 4.98 Å². The molecule has 1 saturated heterocycles. The highest BCUT2D eigenvalue weighted by molar-refractivity contribution is 8.26. The van der Waals surface area contributed by atoms with Crippen LogP contribution in [0, 0.1) is 0 Å². The number of nitrogens with zero attached hydrogens (tertiary/aromatic N) is 2. The van der Waals surface area contributed by atoms with Gasteiger partial charge in [0.1, 0.15) is 4.32 Å².